The van der Waals surface area contributed by atoms with E-state index in [-0.39, 0.29) is 5.91 Å². The summed E-state index contributed by atoms with van der Waals surface area (Å²) >= 11 is 6.89. The van der Waals surface area contributed by atoms with E-state index < -0.39 is 0 Å². The number of hydrogen-bond donors (Lipinski definition) is 1. The van der Waals surface area contributed by atoms with Gasteiger partial charge in [0.05, 0.1) is 5.69 Å². The number of benzene rings is 2. The monoisotopic (exact) mass is 421 g/mol. The number of rotatable bonds is 2. The van der Waals surface area contributed by atoms with E-state index >= 15 is 0 Å². The third-order valence-electron chi connectivity index (χ3n) is 3.48. The lowest BCUT2D eigenvalue weighted by atomic mass is 10.1. The van der Waals surface area contributed by atoms with Crippen molar-refractivity contribution in [1.82, 2.24) is 0 Å². The number of hydrogen-bond acceptors (Lipinski definition) is 2. The van der Waals surface area contributed by atoms with Crippen molar-refractivity contribution in [3.63, 3.8) is 0 Å². The lowest BCUT2D eigenvalue weighted by Crippen LogP contribution is -2.12. The first-order valence-electron chi connectivity index (χ1n) is 6.72. The fourth-order valence-corrected chi connectivity index (χ4v) is 3.26. The van der Waals surface area contributed by atoms with Crippen LogP contribution in [0.5, 0.6) is 0 Å². The molecule has 1 heterocycles. The van der Waals surface area contributed by atoms with Crippen molar-refractivity contribution >= 4 is 54.4 Å². The van der Waals surface area contributed by atoms with Crippen LogP contribution in [0.2, 0.25) is 0 Å². The van der Waals surface area contributed by atoms with E-state index in [9.17, 15) is 4.79 Å². The van der Waals surface area contributed by atoms with Gasteiger partial charge in [-0.1, -0.05) is 22.0 Å². The molecule has 112 valence electrons. The van der Waals surface area contributed by atoms with Crippen molar-refractivity contribution < 1.29 is 9.21 Å². The molecule has 3 nitrogen and oxygen atoms in total. The van der Waals surface area contributed by atoms with Crippen molar-refractivity contribution in [2.24, 2.45) is 0 Å². The summed E-state index contributed by atoms with van der Waals surface area (Å²) in [6.45, 7) is 3.88. The van der Waals surface area contributed by atoms with Gasteiger partial charge in [0.1, 0.15) is 5.58 Å². The number of nitrogens with one attached hydrogen (secondary N) is 1. The fraction of sp³-hybridized carbons (Fsp3) is 0.118. The Morgan fingerprint density at radius 1 is 1.09 bits per heavy atom. The zero-order valence-corrected chi connectivity index (χ0v) is 15.2. The molecule has 0 saturated carbocycles. The number of fused-ring (bicyclic) bond motifs is 1. The lowest BCUT2D eigenvalue weighted by Gasteiger charge is -2.07. The van der Waals surface area contributed by atoms with Crippen LogP contribution in [0.25, 0.3) is 11.0 Å². The summed E-state index contributed by atoms with van der Waals surface area (Å²) in [6.07, 6.45) is 0. The number of aryl methyl sites for hydroxylation is 2. The Kier molecular flexibility index (Phi) is 4.10. The van der Waals surface area contributed by atoms with Gasteiger partial charge in [-0.05, 0) is 65.7 Å². The molecule has 0 bridgehead atoms. The Hall–Kier alpha value is -1.59. The van der Waals surface area contributed by atoms with Crippen molar-refractivity contribution in [3.8, 4) is 0 Å². The van der Waals surface area contributed by atoms with Gasteiger partial charge in [-0.2, -0.15) is 0 Å². The maximum atomic E-state index is 12.5. The predicted molar refractivity (Wildman–Crippen MR) is 95.5 cm³/mol. The molecule has 1 amide bonds. The number of carbonyl (C=O) groups is 1. The first-order valence-corrected chi connectivity index (χ1v) is 8.30. The SMILES string of the molecule is Cc1ccc(NC(=O)c2oc3ccc(Br)cc3c2C)c(Br)c1. The Labute approximate surface area is 145 Å². The summed E-state index contributed by atoms with van der Waals surface area (Å²) in [5.74, 6) is 0.0787. The highest BCUT2D eigenvalue weighted by molar-refractivity contribution is 9.10. The van der Waals surface area contributed by atoms with Crippen LogP contribution in [0.1, 0.15) is 21.7 Å². The normalized spacial score (nSPS) is 10.9. The molecular formula is C17H13Br2NO2. The molecule has 3 aromatic rings. The van der Waals surface area contributed by atoms with Gasteiger partial charge < -0.3 is 9.73 Å². The Morgan fingerprint density at radius 2 is 1.86 bits per heavy atom. The Morgan fingerprint density at radius 3 is 2.59 bits per heavy atom. The van der Waals surface area contributed by atoms with Crippen molar-refractivity contribution in [1.29, 1.82) is 0 Å². The van der Waals surface area contributed by atoms with Crippen LogP contribution in [0.4, 0.5) is 5.69 Å². The highest BCUT2D eigenvalue weighted by atomic mass is 79.9. The zero-order chi connectivity index (χ0) is 15.9. The number of carbonyl (C=O) groups excluding carboxylic acids is 1. The smallest absolute Gasteiger partial charge is 0.291 e. The van der Waals surface area contributed by atoms with Crippen LogP contribution < -0.4 is 5.32 Å². The molecule has 0 unspecified atom stereocenters. The molecule has 3 rings (SSSR count). The second-order valence-electron chi connectivity index (χ2n) is 5.13. The highest BCUT2D eigenvalue weighted by Crippen LogP contribution is 2.29. The van der Waals surface area contributed by atoms with E-state index in [4.69, 9.17) is 4.42 Å². The minimum atomic E-state index is -0.255. The summed E-state index contributed by atoms with van der Waals surface area (Å²) in [5, 5.41) is 3.81. The average molecular weight is 423 g/mol. The molecule has 5 heteroatoms. The lowest BCUT2D eigenvalue weighted by molar-refractivity contribution is 0.0998. The van der Waals surface area contributed by atoms with Crippen LogP contribution in [0.3, 0.4) is 0 Å². The second-order valence-corrected chi connectivity index (χ2v) is 6.90. The highest BCUT2D eigenvalue weighted by Gasteiger charge is 2.18. The van der Waals surface area contributed by atoms with Gasteiger partial charge in [-0.15, -0.1) is 0 Å². The number of amides is 1. The van der Waals surface area contributed by atoms with Gasteiger partial charge in [0.25, 0.3) is 5.91 Å². The van der Waals surface area contributed by atoms with Crippen LogP contribution in [-0.4, -0.2) is 5.91 Å². The van der Waals surface area contributed by atoms with Crippen molar-refractivity contribution in [2.45, 2.75) is 13.8 Å². The number of furan rings is 1. The minimum absolute atomic E-state index is 0.255. The minimum Gasteiger partial charge on any atom is -0.451 e. The third kappa shape index (κ3) is 2.83. The van der Waals surface area contributed by atoms with E-state index in [1.807, 2.05) is 50.2 Å². The first kappa shape index (κ1) is 15.3. The molecule has 2 aromatic carbocycles. The quantitative estimate of drug-likeness (QED) is 0.564. The van der Waals surface area contributed by atoms with Gasteiger partial charge in [-0.25, -0.2) is 0 Å². The zero-order valence-electron chi connectivity index (χ0n) is 12.0. The third-order valence-corrected chi connectivity index (χ3v) is 4.63. The summed E-state index contributed by atoms with van der Waals surface area (Å²) in [7, 11) is 0. The largest absolute Gasteiger partial charge is 0.451 e. The second kappa shape index (κ2) is 5.89. The van der Waals surface area contributed by atoms with Crippen LogP contribution >= 0.6 is 31.9 Å². The fourth-order valence-electron chi connectivity index (χ4n) is 2.31. The molecular weight excluding hydrogens is 410 g/mol. The van der Waals surface area contributed by atoms with Crippen molar-refractivity contribution in [3.05, 3.63) is 62.2 Å². The van der Waals surface area contributed by atoms with Gasteiger partial charge in [0.2, 0.25) is 0 Å². The molecule has 0 aliphatic carbocycles. The molecule has 0 atom stereocenters. The summed E-state index contributed by atoms with van der Waals surface area (Å²) < 4.78 is 7.50. The Bertz CT molecular complexity index is 884. The summed E-state index contributed by atoms with van der Waals surface area (Å²) in [6, 6.07) is 11.5. The maximum absolute atomic E-state index is 12.5. The van der Waals surface area contributed by atoms with Crippen LogP contribution in [-0.2, 0) is 0 Å². The average Bonchev–Trinajstić information content (AvgIpc) is 2.79. The molecule has 0 spiro atoms. The van der Waals surface area contributed by atoms with Crippen LogP contribution in [0.15, 0.2) is 49.8 Å². The molecule has 0 fully saturated rings. The molecule has 1 N–H and O–H groups in total. The molecule has 0 saturated heterocycles. The van der Waals surface area contributed by atoms with Gasteiger partial charge in [0, 0.05) is 19.9 Å². The summed E-state index contributed by atoms with van der Waals surface area (Å²) in [5.41, 5.74) is 3.37. The van der Waals surface area contributed by atoms with Gasteiger partial charge in [-0.3, -0.25) is 4.79 Å². The maximum Gasteiger partial charge on any atom is 0.291 e. The summed E-state index contributed by atoms with van der Waals surface area (Å²) in [4.78, 5) is 12.5. The van der Waals surface area contributed by atoms with Crippen LogP contribution in [0, 0.1) is 13.8 Å². The van der Waals surface area contributed by atoms with E-state index in [0.29, 0.717) is 11.3 Å². The topological polar surface area (TPSA) is 42.2 Å². The van der Waals surface area contributed by atoms with Gasteiger partial charge in [0.15, 0.2) is 5.76 Å². The van der Waals surface area contributed by atoms with Crippen molar-refractivity contribution in [2.75, 3.05) is 5.32 Å². The van der Waals surface area contributed by atoms with E-state index in [1.54, 1.807) is 0 Å². The Balaban J connectivity index is 1.97. The molecule has 0 radical (unpaired) electrons. The molecule has 1 aromatic heterocycles. The van der Waals surface area contributed by atoms with E-state index in [2.05, 4.69) is 37.2 Å². The predicted octanol–water partition coefficient (Wildman–Crippen LogP) is 5.83. The van der Waals surface area contributed by atoms with E-state index in [1.165, 1.54) is 0 Å². The number of halogens is 2. The molecule has 0 aliphatic rings. The van der Waals surface area contributed by atoms with Gasteiger partial charge >= 0.3 is 0 Å². The first-order chi connectivity index (χ1) is 10.5. The van der Waals surface area contributed by atoms with E-state index in [0.717, 1.165) is 31.1 Å². The standard InChI is InChI=1S/C17H13Br2NO2/c1-9-3-5-14(13(19)7-9)20-17(21)16-10(2)12-8-11(18)4-6-15(12)22-16/h3-8H,1-2H3,(H,20,21). The molecule has 22 heavy (non-hydrogen) atoms. The molecule has 0 aliphatic heterocycles. The number of anilines is 1.